The van der Waals surface area contributed by atoms with Gasteiger partial charge in [-0.3, -0.25) is 24.5 Å². The van der Waals surface area contributed by atoms with Gasteiger partial charge in [-0.2, -0.15) is 0 Å². The number of nitrogens with zero attached hydrogens (tertiary/aromatic N) is 4. The van der Waals surface area contributed by atoms with E-state index >= 15 is 0 Å². The van der Waals surface area contributed by atoms with E-state index in [1.165, 1.54) is 11.3 Å². The Morgan fingerprint density at radius 1 is 1.23 bits per heavy atom. The second kappa shape index (κ2) is 14.7. The molecule has 3 aromatic heterocycles. The number of aliphatic hydroxyl groups excluding tert-OH is 1. The average molecular weight is 642 g/mol. The van der Waals surface area contributed by atoms with Gasteiger partial charge in [0.05, 0.1) is 35.1 Å². The summed E-state index contributed by atoms with van der Waals surface area (Å²) in [6.07, 6.45) is 5.64. The molecule has 1 amide bonds. The summed E-state index contributed by atoms with van der Waals surface area (Å²) in [5.74, 6) is -0.226. The molecule has 0 aliphatic rings. The molecule has 12 heteroatoms. The fourth-order valence-corrected chi connectivity index (χ4v) is 6.99. The maximum absolute atomic E-state index is 13.7. The summed E-state index contributed by atoms with van der Waals surface area (Å²) < 4.78 is 8.71. The average Bonchev–Trinajstić information content (AvgIpc) is 3.32. The van der Waals surface area contributed by atoms with Gasteiger partial charge in [0.15, 0.2) is 0 Å². The standard InChI is InChI=1S/C31H40ClN5O4SSi/c1-36(18-26(38)25-16-33-10-11-34-25)19-27-24(20-41-12-13-43(3,4)5)29-31(42-27)30(40)22(17-37(29)2)14-28(39)35-15-21-6-8-23(32)9-7-21/h6-11,16-17,26,38H,12-15,18-20H2,1-5H3,(H,35,39). The smallest absolute Gasteiger partial charge is 0.224 e. The molecule has 0 saturated heterocycles. The monoisotopic (exact) mass is 641 g/mol. The molecule has 4 rings (SSSR count). The lowest BCUT2D eigenvalue weighted by molar-refractivity contribution is -0.120. The molecule has 9 nitrogen and oxygen atoms in total. The van der Waals surface area contributed by atoms with Gasteiger partial charge in [-0.05, 0) is 30.8 Å². The largest absolute Gasteiger partial charge is 0.385 e. The van der Waals surface area contributed by atoms with E-state index in [1.807, 2.05) is 35.7 Å². The van der Waals surface area contributed by atoms with Crippen LogP contribution in [0.15, 0.2) is 53.8 Å². The minimum atomic E-state index is -1.27. The number of aryl methyl sites for hydroxylation is 1. The highest BCUT2D eigenvalue weighted by molar-refractivity contribution is 7.19. The highest BCUT2D eigenvalue weighted by atomic mass is 35.5. The first kappa shape index (κ1) is 33.0. The number of pyridine rings is 1. The van der Waals surface area contributed by atoms with Crippen molar-refractivity contribution in [3.8, 4) is 0 Å². The van der Waals surface area contributed by atoms with Gasteiger partial charge in [-0.1, -0.05) is 43.4 Å². The molecule has 0 aliphatic heterocycles. The number of thiophene rings is 1. The number of aromatic nitrogens is 3. The number of likely N-dealkylation sites (N-methyl/N-ethyl adjacent to an activating group) is 1. The molecule has 0 saturated carbocycles. The number of fused-ring (bicyclic) bond motifs is 1. The second-order valence-corrected chi connectivity index (χ2v) is 19.2. The van der Waals surface area contributed by atoms with Crippen LogP contribution in [0.4, 0.5) is 0 Å². The van der Waals surface area contributed by atoms with Crippen LogP contribution in [0.5, 0.6) is 0 Å². The Kier molecular flexibility index (Phi) is 11.3. The van der Waals surface area contributed by atoms with E-state index in [4.69, 9.17) is 16.3 Å². The molecule has 0 radical (unpaired) electrons. The number of hydrogen-bond acceptors (Lipinski definition) is 8. The Hall–Kier alpha value is -2.93. The van der Waals surface area contributed by atoms with Crippen LogP contribution in [0.2, 0.25) is 30.7 Å². The second-order valence-electron chi connectivity index (χ2n) is 12.1. The summed E-state index contributed by atoms with van der Waals surface area (Å²) in [5, 5.41) is 14.2. The summed E-state index contributed by atoms with van der Waals surface area (Å²) in [6.45, 7) is 9.20. The zero-order valence-corrected chi connectivity index (χ0v) is 28.0. The molecule has 0 aliphatic carbocycles. The van der Waals surface area contributed by atoms with Gasteiger partial charge in [0.1, 0.15) is 6.10 Å². The maximum Gasteiger partial charge on any atom is 0.224 e. The molecule has 230 valence electrons. The number of halogens is 1. The molecule has 0 spiro atoms. The topological polar surface area (TPSA) is 110 Å². The third kappa shape index (κ3) is 9.28. The van der Waals surface area contributed by atoms with E-state index in [1.54, 1.807) is 36.9 Å². The summed E-state index contributed by atoms with van der Waals surface area (Å²) in [7, 11) is 2.56. The van der Waals surface area contributed by atoms with Crippen molar-refractivity contribution in [1.82, 2.24) is 24.8 Å². The predicted molar refractivity (Wildman–Crippen MR) is 175 cm³/mol. The van der Waals surface area contributed by atoms with Crippen LogP contribution in [0.25, 0.3) is 10.2 Å². The van der Waals surface area contributed by atoms with Crippen molar-refractivity contribution >= 4 is 47.1 Å². The van der Waals surface area contributed by atoms with E-state index in [0.717, 1.165) is 27.6 Å². The van der Waals surface area contributed by atoms with Crippen LogP contribution in [0.3, 0.4) is 0 Å². The quantitative estimate of drug-likeness (QED) is 0.149. The minimum Gasteiger partial charge on any atom is -0.385 e. The van der Waals surface area contributed by atoms with E-state index in [9.17, 15) is 14.7 Å². The molecule has 4 aromatic rings. The van der Waals surface area contributed by atoms with E-state index < -0.39 is 14.2 Å². The number of carbonyl (C=O) groups excluding carboxylic acids is 1. The lowest BCUT2D eigenvalue weighted by Crippen LogP contribution is -2.27. The highest BCUT2D eigenvalue weighted by Gasteiger charge is 2.22. The zero-order valence-electron chi connectivity index (χ0n) is 25.4. The molecular weight excluding hydrogens is 602 g/mol. The van der Waals surface area contributed by atoms with Crippen LogP contribution in [0.1, 0.15) is 33.4 Å². The molecule has 3 heterocycles. The van der Waals surface area contributed by atoms with Gasteiger partial charge in [0, 0.05) is 81.0 Å². The Balaban J connectivity index is 1.56. The lowest BCUT2D eigenvalue weighted by atomic mass is 10.1. The summed E-state index contributed by atoms with van der Waals surface area (Å²) >= 11 is 7.39. The van der Waals surface area contributed by atoms with Gasteiger partial charge in [-0.25, -0.2) is 0 Å². The van der Waals surface area contributed by atoms with E-state index in [2.05, 4.69) is 34.9 Å². The van der Waals surface area contributed by atoms with Crippen LogP contribution in [-0.4, -0.2) is 58.7 Å². The van der Waals surface area contributed by atoms with Crippen molar-refractivity contribution in [2.24, 2.45) is 7.05 Å². The van der Waals surface area contributed by atoms with Crippen molar-refractivity contribution < 1.29 is 14.6 Å². The number of rotatable bonds is 14. The fourth-order valence-electron chi connectivity index (χ4n) is 4.71. The number of ether oxygens (including phenoxy) is 1. The molecule has 1 unspecified atom stereocenters. The van der Waals surface area contributed by atoms with Gasteiger partial charge < -0.3 is 19.7 Å². The number of carbonyl (C=O) groups is 1. The van der Waals surface area contributed by atoms with Gasteiger partial charge >= 0.3 is 0 Å². The van der Waals surface area contributed by atoms with Gasteiger partial charge in [0.2, 0.25) is 11.3 Å². The molecule has 1 atom stereocenters. The Morgan fingerprint density at radius 3 is 2.65 bits per heavy atom. The number of nitrogens with one attached hydrogen (secondary N) is 1. The SMILES string of the molecule is CN(Cc1sc2c(=O)c(CC(=O)NCc3ccc(Cl)cc3)cn(C)c2c1COCC[Si](C)(C)C)CC(O)c1cnccn1. The number of benzene rings is 1. The molecule has 0 bridgehead atoms. The first-order valence-electron chi connectivity index (χ1n) is 14.3. The van der Waals surface area contributed by atoms with Gasteiger partial charge in [-0.15, -0.1) is 11.3 Å². The number of aliphatic hydroxyl groups is 1. The molecule has 43 heavy (non-hydrogen) atoms. The van der Waals surface area contributed by atoms with Crippen molar-refractivity contribution in [1.29, 1.82) is 0 Å². The third-order valence-electron chi connectivity index (χ3n) is 7.08. The maximum atomic E-state index is 13.7. The third-order valence-corrected chi connectivity index (χ3v) is 10.2. The van der Waals surface area contributed by atoms with E-state index in [-0.39, 0.29) is 17.8 Å². The Morgan fingerprint density at radius 2 is 1.98 bits per heavy atom. The first-order valence-corrected chi connectivity index (χ1v) is 19.2. The Bertz CT molecular complexity index is 1590. The van der Waals surface area contributed by atoms with Crippen molar-refractivity contribution in [2.45, 2.75) is 57.9 Å². The zero-order chi connectivity index (χ0) is 31.1. The minimum absolute atomic E-state index is 0.0182. The number of amides is 1. The van der Waals surface area contributed by atoms with Crippen LogP contribution >= 0.6 is 22.9 Å². The predicted octanol–water partition coefficient (Wildman–Crippen LogP) is 4.92. The first-order chi connectivity index (χ1) is 20.4. The summed E-state index contributed by atoms with van der Waals surface area (Å²) in [6, 6.07) is 8.32. The highest BCUT2D eigenvalue weighted by Crippen LogP contribution is 2.32. The van der Waals surface area contributed by atoms with Crippen molar-refractivity contribution in [3.05, 3.63) is 91.6 Å². The van der Waals surface area contributed by atoms with Crippen molar-refractivity contribution in [3.63, 3.8) is 0 Å². The normalized spacial score (nSPS) is 12.7. The fraction of sp³-hybridized carbons (Fsp3) is 0.419. The lowest BCUT2D eigenvalue weighted by Gasteiger charge is -2.20. The van der Waals surface area contributed by atoms with Crippen LogP contribution in [0, 0.1) is 0 Å². The van der Waals surface area contributed by atoms with E-state index in [0.29, 0.717) is 53.8 Å². The molecule has 0 fully saturated rings. The van der Waals surface area contributed by atoms with Crippen LogP contribution < -0.4 is 10.7 Å². The number of hydrogen-bond donors (Lipinski definition) is 2. The molecule has 2 N–H and O–H groups in total. The molecule has 1 aromatic carbocycles. The molecular formula is C31H40ClN5O4SSi. The summed E-state index contributed by atoms with van der Waals surface area (Å²) in [4.78, 5) is 37.8. The van der Waals surface area contributed by atoms with Crippen LogP contribution in [-0.2, 0) is 42.7 Å². The Labute approximate surface area is 262 Å². The van der Waals surface area contributed by atoms with Crippen molar-refractivity contribution in [2.75, 3.05) is 20.2 Å². The van der Waals surface area contributed by atoms with Gasteiger partial charge in [0.25, 0.3) is 0 Å². The summed E-state index contributed by atoms with van der Waals surface area (Å²) in [5.41, 5.74) is 3.52.